The number of methoxy groups -OCH3 is 1. The first-order valence-corrected chi connectivity index (χ1v) is 6.97. The number of ether oxygens (including phenoxy) is 3. The summed E-state index contributed by atoms with van der Waals surface area (Å²) in [6.45, 7) is 0.283. The third kappa shape index (κ3) is 2.65. The molecule has 1 heterocycles. The summed E-state index contributed by atoms with van der Waals surface area (Å²) in [6.07, 6.45) is 4.06. The maximum absolute atomic E-state index is 5.39. The molecule has 102 valence electrons. The number of rotatable bonds is 3. The highest BCUT2D eigenvalue weighted by Crippen LogP contribution is 2.37. The molecule has 0 aliphatic carbocycles. The predicted octanol–water partition coefficient (Wildman–Crippen LogP) is 4.36. The first-order valence-electron chi connectivity index (χ1n) is 6.17. The van der Waals surface area contributed by atoms with Gasteiger partial charge in [0.25, 0.3) is 0 Å². The van der Waals surface area contributed by atoms with E-state index in [1.165, 1.54) is 0 Å². The normalized spacial score (nSPS) is 12.9. The van der Waals surface area contributed by atoms with Gasteiger partial charge in [0, 0.05) is 4.47 Å². The number of benzene rings is 2. The maximum Gasteiger partial charge on any atom is 0.231 e. The van der Waals surface area contributed by atoms with E-state index in [2.05, 4.69) is 15.9 Å². The second-order valence-electron chi connectivity index (χ2n) is 4.34. The molecule has 0 unspecified atom stereocenters. The minimum Gasteiger partial charge on any atom is -0.497 e. The van der Waals surface area contributed by atoms with E-state index >= 15 is 0 Å². The van der Waals surface area contributed by atoms with Crippen LogP contribution in [0.1, 0.15) is 11.1 Å². The van der Waals surface area contributed by atoms with Gasteiger partial charge in [-0.3, -0.25) is 0 Å². The monoisotopic (exact) mass is 332 g/mol. The summed E-state index contributed by atoms with van der Waals surface area (Å²) >= 11 is 3.54. The highest BCUT2D eigenvalue weighted by Gasteiger charge is 2.15. The quantitative estimate of drug-likeness (QED) is 0.782. The Morgan fingerprint density at radius 1 is 1.10 bits per heavy atom. The van der Waals surface area contributed by atoms with Crippen LogP contribution in [0.4, 0.5) is 0 Å². The van der Waals surface area contributed by atoms with Crippen molar-refractivity contribution in [2.75, 3.05) is 13.9 Å². The van der Waals surface area contributed by atoms with E-state index in [0.29, 0.717) is 0 Å². The molecule has 1 aliphatic rings. The minimum absolute atomic E-state index is 0.283. The molecular formula is C16H13BrO3. The molecule has 0 N–H and O–H groups in total. The van der Waals surface area contributed by atoms with Gasteiger partial charge >= 0.3 is 0 Å². The molecule has 0 aromatic heterocycles. The van der Waals surface area contributed by atoms with Crippen molar-refractivity contribution in [1.29, 1.82) is 0 Å². The second-order valence-corrected chi connectivity index (χ2v) is 5.19. The van der Waals surface area contributed by atoms with Crippen LogP contribution in [-0.4, -0.2) is 13.9 Å². The molecule has 0 bridgehead atoms. The van der Waals surface area contributed by atoms with Gasteiger partial charge in [-0.05, 0) is 35.4 Å². The van der Waals surface area contributed by atoms with Crippen LogP contribution < -0.4 is 14.2 Å². The summed E-state index contributed by atoms with van der Waals surface area (Å²) in [7, 11) is 1.66. The highest BCUT2D eigenvalue weighted by molar-refractivity contribution is 9.10. The van der Waals surface area contributed by atoms with Crippen molar-refractivity contribution in [3.8, 4) is 17.2 Å². The average molecular weight is 333 g/mol. The first kappa shape index (κ1) is 13.1. The Bertz CT molecular complexity index is 665. The summed E-state index contributed by atoms with van der Waals surface area (Å²) in [6, 6.07) is 11.8. The van der Waals surface area contributed by atoms with Crippen LogP contribution in [0, 0.1) is 0 Å². The van der Waals surface area contributed by atoms with E-state index in [9.17, 15) is 0 Å². The van der Waals surface area contributed by atoms with Crippen molar-refractivity contribution in [1.82, 2.24) is 0 Å². The van der Waals surface area contributed by atoms with Crippen molar-refractivity contribution in [3.63, 3.8) is 0 Å². The lowest BCUT2D eigenvalue weighted by Crippen LogP contribution is -1.92. The molecule has 3 nitrogen and oxygen atoms in total. The van der Waals surface area contributed by atoms with Crippen LogP contribution in [0.15, 0.2) is 40.9 Å². The van der Waals surface area contributed by atoms with Gasteiger partial charge in [-0.2, -0.15) is 0 Å². The van der Waals surface area contributed by atoms with Gasteiger partial charge in [0.05, 0.1) is 7.11 Å². The number of fused-ring (bicyclic) bond motifs is 1. The molecule has 0 saturated carbocycles. The van der Waals surface area contributed by atoms with E-state index in [1.54, 1.807) is 7.11 Å². The van der Waals surface area contributed by atoms with Gasteiger partial charge < -0.3 is 14.2 Å². The topological polar surface area (TPSA) is 27.7 Å². The van der Waals surface area contributed by atoms with Crippen molar-refractivity contribution in [2.24, 2.45) is 0 Å². The Morgan fingerprint density at radius 2 is 1.90 bits per heavy atom. The zero-order chi connectivity index (χ0) is 13.9. The van der Waals surface area contributed by atoms with Gasteiger partial charge in [-0.1, -0.05) is 40.2 Å². The molecule has 1 aliphatic heterocycles. The zero-order valence-electron chi connectivity index (χ0n) is 10.9. The molecule has 0 amide bonds. The van der Waals surface area contributed by atoms with Crippen LogP contribution in [0.3, 0.4) is 0 Å². The average Bonchev–Trinajstić information content (AvgIpc) is 2.92. The van der Waals surface area contributed by atoms with E-state index in [4.69, 9.17) is 14.2 Å². The van der Waals surface area contributed by atoms with Gasteiger partial charge in [-0.25, -0.2) is 0 Å². The van der Waals surface area contributed by atoms with Crippen LogP contribution in [0.25, 0.3) is 12.2 Å². The van der Waals surface area contributed by atoms with E-state index in [0.717, 1.165) is 32.8 Å². The van der Waals surface area contributed by atoms with Gasteiger partial charge in [0.15, 0.2) is 11.5 Å². The standard InChI is InChI=1S/C16H13BrO3/c1-18-13-4-2-3-11(7-13)5-6-12-8-15-16(9-14(12)17)20-10-19-15/h2-9H,10H2,1H3/b6-5-. The third-order valence-corrected chi connectivity index (χ3v) is 3.73. The lowest BCUT2D eigenvalue weighted by Gasteiger charge is -2.03. The van der Waals surface area contributed by atoms with E-state index in [-0.39, 0.29) is 6.79 Å². The maximum atomic E-state index is 5.39. The lowest BCUT2D eigenvalue weighted by molar-refractivity contribution is 0.174. The van der Waals surface area contributed by atoms with Crippen molar-refractivity contribution in [3.05, 3.63) is 52.0 Å². The van der Waals surface area contributed by atoms with Crippen molar-refractivity contribution >= 4 is 28.1 Å². The van der Waals surface area contributed by atoms with Crippen LogP contribution in [0.5, 0.6) is 17.2 Å². The largest absolute Gasteiger partial charge is 0.497 e. The molecule has 2 aromatic rings. The lowest BCUT2D eigenvalue weighted by atomic mass is 10.1. The van der Waals surface area contributed by atoms with Gasteiger partial charge in [-0.15, -0.1) is 0 Å². The number of hydrogen-bond donors (Lipinski definition) is 0. The summed E-state index contributed by atoms with van der Waals surface area (Å²) in [5, 5.41) is 0. The fourth-order valence-electron chi connectivity index (χ4n) is 1.99. The molecule has 20 heavy (non-hydrogen) atoms. The molecule has 4 heteroatoms. The summed E-state index contributed by atoms with van der Waals surface area (Å²) in [5.41, 5.74) is 2.12. The number of halogens is 1. The summed E-state index contributed by atoms with van der Waals surface area (Å²) < 4.78 is 16.9. The molecule has 2 aromatic carbocycles. The molecule has 0 atom stereocenters. The Kier molecular flexibility index (Phi) is 3.65. The molecule has 0 fully saturated rings. The molecule has 0 spiro atoms. The predicted molar refractivity (Wildman–Crippen MR) is 82.2 cm³/mol. The fraction of sp³-hybridized carbons (Fsp3) is 0.125. The minimum atomic E-state index is 0.283. The fourth-order valence-corrected chi connectivity index (χ4v) is 2.45. The molecular weight excluding hydrogens is 320 g/mol. The van der Waals surface area contributed by atoms with Crippen LogP contribution >= 0.6 is 15.9 Å². The third-order valence-electron chi connectivity index (χ3n) is 3.04. The Hall–Kier alpha value is -1.94. The highest BCUT2D eigenvalue weighted by atomic mass is 79.9. The molecule has 3 rings (SSSR count). The van der Waals surface area contributed by atoms with Crippen molar-refractivity contribution < 1.29 is 14.2 Å². The van der Waals surface area contributed by atoms with Gasteiger partial charge in [0.1, 0.15) is 5.75 Å². The SMILES string of the molecule is COc1cccc(/C=C\c2cc3c(cc2Br)OCO3)c1. The molecule has 0 radical (unpaired) electrons. The molecule has 0 saturated heterocycles. The van der Waals surface area contributed by atoms with E-state index < -0.39 is 0 Å². The van der Waals surface area contributed by atoms with Crippen LogP contribution in [-0.2, 0) is 0 Å². The Balaban J connectivity index is 1.88. The van der Waals surface area contributed by atoms with Gasteiger partial charge in [0.2, 0.25) is 6.79 Å². The van der Waals surface area contributed by atoms with Crippen LogP contribution in [0.2, 0.25) is 0 Å². The summed E-state index contributed by atoms with van der Waals surface area (Å²) in [5.74, 6) is 2.39. The second kappa shape index (κ2) is 5.59. The number of hydrogen-bond acceptors (Lipinski definition) is 3. The summed E-state index contributed by atoms with van der Waals surface area (Å²) in [4.78, 5) is 0. The Morgan fingerprint density at radius 3 is 2.70 bits per heavy atom. The Labute approximate surface area is 125 Å². The first-order chi connectivity index (χ1) is 9.76. The smallest absolute Gasteiger partial charge is 0.231 e. The van der Waals surface area contributed by atoms with E-state index in [1.807, 2.05) is 48.6 Å². The van der Waals surface area contributed by atoms with Crippen molar-refractivity contribution in [2.45, 2.75) is 0 Å². The zero-order valence-corrected chi connectivity index (χ0v) is 12.5.